The molecule has 0 aliphatic rings. The molecule has 0 heterocycles. The highest BCUT2D eigenvalue weighted by Crippen LogP contribution is 2.29. The monoisotopic (exact) mass is 332 g/mol. The van der Waals surface area contributed by atoms with Gasteiger partial charge in [-0.1, -0.05) is 91.3 Å². The molecule has 2 nitrogen and oxygen atoms in total. The van der Waals surface area contributed by atoms with Gasteiger partial charge in [0.1, 0.15) is 0 Å². The van der Waals surface area contributed by atoms with Crippen molar-refractivity contribution in [1.29, 1.82) is 0 Å². The fourth-order valence-corrected chi connectivity index (χ4v) is 2.90. The van der Waals surface area contributed by atoms with Gasteiger partial charge in [-0.3, -0.25) is 0 Å². The molecule has 1 N–H and O–H groups in total. The highest BCUT2D eigenvalue weighted by atomic mass is 16.6. The van der Waals surface area contributed by atoms with Gasteiger partial charge in [0.05, 0.1) is 6.10 Å². The van der Waals surface area contributed by atoms with Gasteiger partial charge in [-0.2, -0.15) is 0 Å². The van der Waals surface area contributed by atoms with Crippen molar-refractivity contribution in [3.63, 3.8) is 0 Å². The van der Waals surface area contributed by atoms with E-state index in [1.54, 1.807) is 0 Å². The summed E-state index contributed by atoms with van der Waals surface area (Å²) < 4.78 is 5.89. The average Bonchev–Trinajstić information content (AvgIpc) is 2.67. The molecule has 3 aromatic carbocycles. The number of aliphatic hydroxyl groups is 1. The number of hydrogen-bond donors (Lipinski definition) is 1. The molecule has 128 valence electrons. The first kappa shape index (κ1) is 17.4. The Morgan fingerprint density at radius 2 is 1.32 bits per heavy atom. The lowest BCUT2D eigenvalue weighted by Crippen LogP contribution is -2.09. The van der Waals surface area contributed by atoms with Crippen molar-refractivity contribution in [2.75, 3.05) is 0 Å². The molecule has 25 heavy (non-hydrogen) atoms. The summed E-state index contributed by atoms with van der Waals surface area (Å²) in [6, 6.07) is 26.4. The number of hydrogen-bond acceptors (Lipinski definition) is 2. The van der Waals surface area contributed by atoms with E-state index in [0.29, 0.717) is 0 Å². The Labute approximate surface area is 149 Å². The van der Waals surface area contributed by atoms with Gasteiger partial charge in [-0.15, -0.1) is 0 Å². The zero-order valence-corrected chi connectivity index (χ0v) is 14.7. The van der Waals surface area contributed by atoms with E-state index in [-0.39, 0.29) is 6.10 Å². The molecule has 0 radical (unpaired) electrons. The highest BCUT2D eigenvalue weighted by molar-refractivity contribution is 5.63. The molecule has 0 bridgehead atoms. The topological polar surface area (TPSA) is 29.5 Å². The second-order valence-electron chi connectivity index (χ2n) is 6.28. The molecule has 3 rings (SSSR count). The van der Waals surface area contributed by atoms with Crippen LogP contribution in [-0.4, -0.2) is 5.11 Å². The SMILES string of the molecule is CCC(OC(O)c1ccc(-c2ccc(C)cc2)cc1)c1ccccc1. The molecule has 0 spiro atoms. The first-order valence-electron chi connectivity index (χ1n) is 8.73. The molecule has 0 amide bonds. The van der Waals surface area contributed by atoms with Gasteiger partial charge >= 0.3 is 0 Å². The van der Waals surface area contributed by atoms with Gasteiger partial charge in [0.25, 0.3) is 0 Å². The van der Waals surface area contributed by atoms with Gasteiger partial charge in [-0.25, -0.2) is 0 Å². The van der Waals surface area contributed by atoms with E-state index in [1.807, 2.05) is 54.6 Å². The predicted molar refractivity (Wildman–Crippen MR) is 102 cm³/mol. The van der Waals surface area contributed by atoms with Crippen LogP contribution < -0.4 is 0 Å². The van der Waals surface area contributed by atoms with Crippen molar-refractivity contribution < 1.29 is 9.84 Å². The highest BCUT2D eigenvalue weighted by Gasteiger charge is 2.16. The van der Waals surface area contributed by atoms with Crippen LogP contribution in [0.15, 0.2) is 78.9 Å². The zero-order valence-electron chi connectivity index (χ0n) is 14.7. The van der Waals surface area contributed by atoms with Crippen LogP contribution in [-0.2, 0) is 4.74 Å². The maximum absolute atomic E-state index is 10.5. The third-order valence-corrected chi connectivity index (χ3v) is 4.42. The number of rotatable bonds is 6. The Morgan fingerprint density at radius 1 is 0.760 bits per heavy atom. The lowest BCUT2D eigenvalue weighted by Gasteiger charge is -2.21. The molecule has 3 aromatic rings. The van der Waals surface area contributed by atoms with Crippen LogP contribution in [0, 0.1) is 6.92 Å². The van der Waals surface area contributed by atoms with E-state index in [1.165, 1.54) is 11.1 Å². The van der Waals surface area contributed by atoms with Crippen LogP contribution in [0.3, 0.4) is 0 Å². The minimum atomic E-state index is -0.933. The van der Waals surface area contributed by atoms with Gasteiger partial charge in [-0.05, 0) is 30.0 Å². The van der Waals surface area contributed by atoms with Crippen LogP contribution in [0.2, 0.25) is 0 Å². The Bertz CT molecular complexity index is 777. The van der Waals surface area contributed by atoms with E-state index in [0.717, 1.165) is 23.1 Å². The van der Waals surface area contributed by atoms with Crippen LogP contribution in [0.4, 0.5) is 0 Å². The number of benzene rings is 3. The third-order valence-electron chi connectivity index (χ3n) is 4.42. The summed E-state index contributed by atoms with van der Waals surface area (Å²) in [7, 11) is 0. The first-order chi connectivity index (χ1) is 12.2. The molecule has 2 unspecified atom stereocenters. The van der Waals surface area contributed by atoms with Gasteiger partial charge in [0, 0.05) is 5.56 Å². The van der Waals surface area contributed by atoms with Crippen molar-refractivity contribution in [3.05, 3.63) is 95.6 Å². The minimum absolute atomic E-state index is 0.118. The second-order valence-corrected chi connectivity index (χ2v) is 6.28. The number of aryl methyl sites for hydroxylation is 1. The standard InChI is InChI=1S/C23H24O2/c1-3-22(20-7-5-4-6-8-20)25-23(24)21-15-13-19(14-16-21)18-11-9-17(2)10-12-18/h4-16,22-24H,3H2,1-2H3. The second kappa shape index (κ2) is 8.11. The van der Waals surface area contributed by atoms with Gasteiger partial charge < -0.3 is 9.84 Å². The predicted octanol–water partition coefficient (Wildman–Crippen LogP) is 5.82. The van der Waals surface area contributed by atoms with Crippen molar-refractivity contribution in [1.82, 2.24) is 0 Å². The molecule has 0 aliphatic heterocycles. The summed E-state index contributed by atoms with van der Waals surface area (Å²) in [5, 5.41) is 10.5. The molecule has 0 aliphatic carbocycles. The summed E-state index contributed by atoms with van der Waals surface area (Å²) in [4.78, 5) is 0. The van der Waals surface area contributed by atoms with Crippen LogP contribution in [0.1, 0.15) is 42.4 Å². The van der Waals surface area contributed by atoms with Crippen molar-refractivity contribution in [3.8, 4) is 11.1 Å². The van der Waals surface area contributed by atoms with E-state index in [9.17, 15) is 5.11 Å². The molecule has 0 aromatic heterocycles. The van der Waals surface area contributed by atoms with Crippen LogP contribution in [0.25, 0.3) is 11.1 Å². The van der Waals surface area contributed by atoms with Crippen molar-refractivity contribution in [2.45, 2.75) is 32.7 Å². The molecule has 0 fully saturated rings. The maximum Gasteiger partial charge on any atom is 0.181 e. The molecule has 0 saturated heterocycles. The van der Waals surface area contributed by atoms with E-state index >= 15 is 0 Å². The lowest BCUT2D eigenvalue weighted by molar-refractivity contribution is -0.142. The summed E-state index contributed by atoms with van der Waals surface area (Å²) in [5.41, 5.74) is 5.40. The van der Waals surface area contributed by atoms with Gasteiger partial charge in [0.15, 0.2) is 6.29 Å². The minimum Gasteiger partial charge on any atom is -0.364 e. The lowest BCUT2D eigenvalue weighted by atomic mass is 10.0. The largest absolute Gasteiger partial charge is 0.364 e. The zero-order chi connectivity index (χ0) is 17.6. The fourth-order valence-electron chi connectivity index (χ4n) is 2.90. The Kier molecular flexibility index (Phi) is 5.64. The fraction of sp³-hybridized carbons (Fsp3) is 0.217. The van der Waals surface area contributed by atoms with Crippen molar-refractivity contribution in [2.24, 2.45) is 0 Å². The third kappa shape index (κ3) is 4.36. The first-order valence-corrected chi connectivity index (χ1v) is 8.73. The summed E-state index contributed by atoms with van der Waals surface area (Å²) in [6.45, 7) is 4.14. The van der Waals surface area contributed by atoms with E-state index in [2.05, 4.69) is 38.1 Å². The van der Waals surface area contributed by atoms with Crippen molar-refractivity contribution >= 4 is 0 Å². The Balaban J connectivity index is 1.72. The number of ether oxygens (including phenoxy) is 1. The summed E-state index contributed by atoms with van der Waals surface area (Å²) in [6.07, 6.45) is -0.243. The molecule has 0 saturated carbocycles. The number of aliphatic hydroxyl groups excluding tert-OH is 1. The normalized spacial score (nSPS) is 13.4. The van der Waals surface area contributed by atoms with Gasteiger partial charge in [0.2, 0.25) is 0 Å². The van der Waals surface area contributed by atoms with E-state index in [4.69, 9.17) is 4.74 Å². The molecule has 2 heteroatoms. The molecular formula is C23H24O2. The molecule has 2 atom stereocenters. The summed E-state index contributed by atoms with van der Waals surface area (Å²) >= 11 is 0. The van der Waals surface area contributed by atoms with Crippen LogP contribution >= 0.6 is 0 Å². The smallest absolute Gasteiger partial charge is 0.181 e. The average molecular weight is 332 g/mol. The Morgan fingerprint density at radius 3 is 1.88 bits per heavy atom. The van der Waals surface area contributed by atoms with E-state index < -0.39 is 6.29 Å². The Hall–Kier alpha value is -2.42. The quantitative estimate of drug-likeness (QED) is 0.576. The molecular weight excluding hydrogens is 308 g/mol. The summed E-state index contributed by atoms with van der Waals surface area (Å²) in [5.74, 6) is 0. The van der Waals surface area contributed by atoms with Crippen LogP contribution in [0.5, 0.6) is 0 Å². The maximum atomic E-state index is 10.5.